The summed E-state index contributed by atoms with van der Waals surface area (Å²) in [5, 5.41) is 2.97. The molecule has 3 nitrogen and oxygen atoms in total. The van der Waals surface area contributed by atoms with E-state index in [0.717, 1.165) is 0 Å². The molecule has 1 aromatic carbocycles. The summed E-state index contributed by atoms with van der Waals surface area (Å²) in [6, 6.07) is 6.48. The van der Waals surface area contributed by atoms with Crippen molar-refractivity contribution in [2.75, 3.05) is 5.32 Å². The molecule has 0 spiro atoms. The fourth-order valence-corrected chi connectivity index (χ4v) is 1.68. The molecule has 0 aliphatic heterocycles. The van der Waals surface area contributed by atoms with Gasteiger partial charge in [-0.05, 0) is 50.1 Å². The average molecular weight is 347 g/mol. The summed E-state index contributed by atoms with van der Waals surface area (Å²) < 4.78 is 14.3. The summed E-state index contributed by atoms with van der Waals surface area (Å²) >= 11 is 6.32. The summed E-state index contributed by atoms with van der Waals surface area (Å²) in [6.45, 7) is 0. The Kier molecular flexibility index (Phi) is 3.50. The van der Waals surface area contributed by atoms with Crippen LogP contribution in [0, 0.1) is 5.82 Å². The van der Waals surface area contributed by atoms with Crippen LogP contribution < -0.4 is 5.32 Å². The maximum Gasteiger partial charge on any atom is 0.139 e. The van der Waals surface area contributed by atoms with Crippen LogP contribution in [0.1, 0.15) is 0 Å². The van der Waals surface area contributed by atoms with Crippen molar-refractivity contribution in [1.82, 2.24) is 9.97 Å². The first-order valence-electron chi connectivity index (χ1n) is 4.35. The molecule has 0 radical (unpaired) electrons. The lowest BCUT2D eigenvalue weighted by Crippen LogP contribution is -1.94. The lowest BCUT2D eigenvalue weighted by molar-refractivity contribution is 0.622. The molecule has 0 aliphatic rings. The first-order valence-corrected chi connectivity index (χ1v) is 5.93. The van der Waals surface area contributed by atoms with E-state index in [0.29, 0.717) is 20.6 Å². The fraction of sp³-hybridized carbons (Fsp3) is 0. The standard InChI is InChI=1S/C10H6Br2FN3/c11-7-2-1-6(3-8(7)13)16-10-4-9(12)14-5-15-10/h1-5H,(H,14,15,16). The smallest absolute Gasteiger partial charge is 0.139 e. The van der Waals surface area contributed by atoms with Crippen molar-refractivity contribution in [3.63, 3.8) is 0 Å². The normalized spacial score (nSPS) is 10.2. The quantitative estimate of drug-likeness (QED) is 0.838. The molecule has 16 heavy (non-hydrogen) atoms. The van der Waals surface area contributed by atoms with Gasteiger partial charge in [-0.25, -0.2) is 14.4 Å². The number of rotatable bonds is 2. The molecule has 0 saturated heterocycles. The summed E-state index contributed by atoms with van der Waals surface area (Å²) in [4.78, 5) is 7.90. The molecule has 0 amide bonds. The number of benzene rings is 1. The van der Waals surface area contributed by atoms with Crippen molar-refractivity contribution >= 4 is 43.4 Å². The molecule has 0 fully saturated rings. The number of nitrogens with one attached hydrogen (secondary N) is 1. The van der Waals surface area contributed by atoms with Crippen molar-refractivity contribution in [3.8, 4) is 0 Å². The zero-order valence-corrected chi connectivity index (χ0v) is 11.1. The molecule has 2 aromatic rings. The van der Waals surface area contributed by atoms with E-state index in [2.05, 4.69) is 47.1 Å². The van der Waals surface area contributed by atoms with Crippen LogP contribution in [0.3, 0.4) is 0 Å². The van der Waals surface area contributed by atoms with Crippen LogP contribution >= 0.6 is 31.9 Å². The van der Waals surface area contributed by atoms with E-state index in [-0.39, 0.29) is 5.82 Å². The third kappa shape index (κ3) is 2.76. The molecule has 0 unspecified atom stereocenters. The van der Waals surface area contributed by atoms with Crippen molar-refractivity contribution in [3.05, 3.63) is 45.5 Å². The summed E-state index contributed by atoms with van der Waals surface area (Å²) in [7, 11) is 0. The minimum atomic E-state index is -0.321. The van der Waals surface area contributed by atoms with Crippen LogP contribution in [-0.2, 0) is 0 Å². The second kappa shape index (κ2) is 4.88. The monoisotopic (exact) mass is 345 g/mol. The second-order valence-corrected chi connectivity index (χ2v) is 4.65. The van der Waals surface area contributed by atoms with Gasteiger partial charge in [0.25, 0.3) is 0 Å². The lowest BCUT2D eigenvalue weighted by atomic mass is 10.3. The van der Waals surface area contributed by atoms with Gasteiger partial charge in [0.05, 0.1) is 4.47 Å². The Morgan fingerprint density at radius 3 is 2.62 bits per heavy atom. The van der Waals surface area contributed by atoms with Crippen molar-refractivity contribution in [2.24, 2.45) is 0 Å². The molecule has 0 saturated carbocycles. The Bertz CT molecular complexity index is 519. The Morgan fingerprint density at radius 2 is 1.94 bits per heavy atom. The number of hydrogen-bond donors (Lipinski definition) is 1. The molecule has 6 heteroatoms. The van der Waals surface area contributed by atoms with Gasteiger partial charge in [-0.15, -0.1) is 0 Å². The van der Waals surface area contributed by atoms with E-state index in [1.165, 1.54) is 12.4 Å². The van der Waals surface area contributed by atoms with Gasteiger partial charge in [0.1, 0.15) is 22.6 Å². The number of anilines is 2. The highest BCUT2D eigenvalue weighted by atomic mass is 79.9. The van der Waals surface area contributed by atoms with Gasteiger partial charge in [-0.3, -0.25) is 0 Å². The molecule has 1 heterocycles. The topological polar surface area (TPSA) is 37.8 Å². The van der Waals surface area contributed by atoms with Crippen LogP contribution in [0.25, 0.3) is 0 Å². The Hall–Kier alpha value is -1.01. The summed E-state index contributed by atoms with van der Waals surface area (Å²) in [5.41, 5.74) is 0.631. The Balaban J connectivity index is 2.24. The number of nitrogens with zero attached hydrogens (tertiary/aromatic N) is 2. The van der Waals surface area contributed by atoms with Gasteiger partial charge >= 0.3 is 0 Å². The van der Waals surface area contributed by atoms with Gasteiger partial charge in [-0.2, -0.15) is 0 Å². The van der Waals surface area contributed by atoms with Gasteiger partial charge in [0.15, 0.2) is 0 Å². The van der Waals surface area contributed by atoms with E-state index in [4.69, 9.17) is 0 Å². The molecular formula is C10H6Br2FN3. The van der Waals surface area contributed by atoms with Gasteiger partial charge in [-0.1, -0.05) is 0 Å². The summed E-state index contributed by atoms with van der Waals surface area (Å²) in [6.07, 6.45) is 1.42. The third-order valence-corrected chi connectivity index (χ3v) is 2.90. The van der Waals surface area contributed by atoms with E-state index in [1.807, 2.05) is 0 Å². The largest absolute Gasteiger partial charge is 0.340 e. The maximum absolute atomic E-state index is 13.2. The second-order valence-electron chi connectivity index (χ2n) is 2.98. The first-order chi connectivity index (χ1) is 7.65. The predicted molar refractivity (Wildman–Crippen MR) is 67.1 cm³/mol. The molecule has 2 rings (SSSR count). The Labute approximate surface area is 108 Å². The zero-order chi connectivity index (χ0) is 11.5. The van der Waals surface area contributed by atoms with Crippen LogP contribution in [-0.4, -0.2) is 9.97 Å². The van der Waals surface area contributed by atoms with Crippen molar-refractivity contribution < 1.29 is 4.39 Å². The van der Waals surface area contributed by atoms with Crippen molar-refractivity contribution in [2.45, 2.75) is 0 Å². The highest BCUT2D eigenvalue weighted by Crippen LogP contribution is 2.22. The average Bonchev–Trinajstić information content (AvgIpc) is 2.24. The maximum atomic E-state index is 13.2. The van der Waals surface area contributed by atoms with Gasteiger partial charge in [0, 0.05) is 11.8 Å². The number of hydrogen-bond acceptors (Lipinski definition) is 3. The molecule has 0 atom stereocenters. The minimum Gasteiger partial charge on any atom is -0.340 e. The van der Waals surface area contributed by atoms with E-state index in [9.17, 15) is 4.39 Å². The van der Waals surface area contributed by atoms with Crippen LogP contribution in [0.2, 0.25) is 0 Å². The highest BCUT2D eigenvalue weighted by Gasteiger charge is 2.02. The predicted octanol–water partition coefficient (Wildman–Crippen LogP) is 3.88. The summed E-state index contributed by atoms with van der Waals surface area (Å²) in [5.74, 6) is 0.279. The van der Waals surface area contributed by atoms with Crippen LogP contribution in [0.4, 0.5) is 15.9 Å². The zero-order valence-electron chi connectivity index (χ0n) is 7.92. The fourth-order valence-electron chi connectivity index (χ4n) is 1.12. The van der Waals surface area contributed by atoms with Crippen molar-refractivity contribution in [1.29, 1.82) is 0 Å². The Morgan fingerprint density at radius 1 is 1.12 bits per heavy atom. The lowest BCUT2D eigenvalue weighted by Gasteiger charge is -2.05. The van der Waals surface area contributed by atoms with Gasteiger partial charge < -0.3 is 5.32 Å². The SMILES string of the molecule is Fc1cc(Nc2cc(Br)ncn2)ccc1Br. The van der Waals surface area contributed by atoms with E-state index in [1.54, 1.807) is 18.2 Å². The first kappa shape index (κ1) is 11.5. The third-order valence-electron chi connectivity index (χ3n) is 1.83. The number of halogens is 3. The van der Waals surface area contributed by atoms with Gasteiger partial charge in [0.2, 0.25) is 0 Å². The number of aromatic nitrogens is 2. The van der Waals surface area contributed by atoms with E-state index >= 15 is 0 Å². The molecule has 82 valence electrons. The molecule has 0 bridgehead atoms. The van der Waals surface area contributed by atoms with E-state index < -0.39 is 0 Å². The molecule has 1 aromatic heterocycles. The van der Waals surface area contributed by atoms with Crippen LogP contribution in [0.5, 0.6) is 0 Å². The highest BCUT2D eigenvalue weighted by molar-refractivity contribution is 9.10. The molecule has 0 aliphatic carbocycles. The minimum absolute atomic E-state index is 0.321. The van der Waals surface area contributed by atoms with Crippen LogP contribution in [0.15, 0.2) is 39.7 Å². The molecule has 1 N–H and O–H groups in total. The molecular weight excluding hydrogens is 341 g/mol.